The van der Waals surface area contributed by atoms with Gasteiger partial charge in [-0.15, -0.1) is 11.6 Å². The van der Waals surface area contributed by atoms with E-state index in [0.717, 1.165) is 0 Å². The van der Waals surface area contributed by atoms with Crippen LogP contribution in [0, 0.1) is 5.82 Å². The molecule has 0 spiro atoms. The molecule has 1 aromatic carbocycles. The number of hydrogen-bond acceptors (Lipinski definition) is 3. The highest BCUT2D eigenvalue weighted by atomic mass is 79.9. The Labute approximate surface area is 133 Å². The molecule has 1 unspecified atom stereocenters. The zero-order chi connectivity index (χ0) is 15.1. The Balaban J connectivity index is 2.17. The molecule has 110 valence electrons. The fraction of sp³-hybridized carbons (Fsp3) is 0.308. The minimum atomic E-state index is -0.341. The van der Waals surface area contributed by atoms with Crippen molar-refractivity contribution in [3.05, 3.63) is 40.4 Å². The predicted molar refractivity (Wildman–Crippen MR) is 81.8 cm³/mol. The summed E-state index contributed by atoms with van der Waals surface area (Å²) in [4.78, 5) is 8.68. The molecule has 2 aromatic heterocycles. The molecule has 2 heterocycles. The molecule has 0 aliphatic carbocycles. The van der Waals surface area contributed by atoms with E-state index >= 15 is 0 Å². The first-order valence-electron chi connectivity index (χ1n) is 6.29. The molecular weight excluding hydrogens is 361 g/mol. The van der Waals surface area contributed by atoms with Gasteiger partial charge in [-0.2, -0.15) is 5.10 Å². The Bertz CT molecular complexity index is 810. The fourth-order valence-corrected chi connectivity index (χ4v) is 2.70. The molecule has 0 saturated heterocycles. The van der Waals surface area contributed by atoms with Crippen LogP contribution in [-0.2, 0) is 13.6 Å². The quantitative estimate of drug-likeness (QED) is 0.662. The van der Waals surface area contributed by atoms with Crippen molar-refractivity contribution < 1.29 is 4.39 Å². The molecule has 3 aromatic rings. The van der Waals surface area contributed by atoms with E-state index in [9.17, 15) is 4.39 Å². The van der Waals surface area contributed by atoms with E-state index in [0.29, 0.717) is 33.7 Å². The van der Waals surface area contributed by atoms with Gasteiger partial charge in [-0.1, -0.05) is 0 Å². The van der Waals surface area contributed by atoms with Gasteiger partial charge in [0.25, 0.3) is 0 Å². The molecule has 0 aliphatic heterocycles. The molecule has 0 N–H and O–H groups in total. The highest BCUT2D eigenvalue weighted by molar-refractivity contribution is 9.10. The summed E-state index contributed by atoms with van der Waals surface area (Å²) in [6, 6.07) is 3.09. The van der Waals surface area contributed by atoms with Crippen LogP contribution in [0.4, 0.5) is 4.39 Å². The van der Waals surface area contributed by atoms with Gasteiger partial charge in [-0.25, -0.2) is 14.4 Å². The van der Waals surface area contributed by atoms with E-state index in [4.69, 9.17) is 11.6 Å². The molecule has 0 radical (unpaired) electrons. The lowest BCUT2D eigenvalue weighted by Gasteiger charge is -2.08. The van der Waals surface area contributed by atoms with Gasteiger partial charge in [-0.3, -0.25) is 4.68 Å². The van der Waals surface area contributed by atoms with Crippen molar-refractivity contribution in [2.75, 3.05) is 0 Å². The Morgan fingerprint density at radius 1 is 1.43 bits per heavy atom. The van der Waals surface area contributed by atoms with Crippen molar-refractivity contribution in [2.24, 2.45) is 7.05 Å². The Morgan fingerprint density at radius 3 is 2.81 bits per heavy atom. The van der Waals surface area contributed by atoms with E-state index in [1.165, 1.54) is 6.07 Å². The van der Waals surface area contributed by atoms with E-state index in [-0.39, 0.29) is 11.2 Å². The lowest BCUT2D eigenvalue weighted by atomic mass is 10.3. The van der Waals surface area contributed by atoms with Gasteiger partial charge in [0.15, 0.2) is 5.82 Å². The van der Waals surface area contributed by atoms with Crippen LogP contribution < -0.4 is 0 Å². The molecule has 0 amide bonds. The third-order valence-electron chi connectivity index (χ3n) is 3.12. The van der Waals surface area contributed by atoms with Crippen LogP contribution in [0.2, 0.25) is 0 Å². The van der Waals surface area contributed by atoms with Gasteiger partial charge < -0.3 is 4.57 Å². The number of aryl methyl sites for hydroxylation is 1. The number of nitrogens with zero attached hydrogens (tertiary/aromatic N) is 5. The molecule has 1 atom stereocenters. The minimum Gasteiger partial charge on any atom is -0.319 e. The van der Waals surface area contributed by atoms with Crippen LogP contribution in [0.15, 0.2) is 22.9 Å². The monoisotopic (exact) mass is 371 g/mol. The predicted octanol–water partition coefficient (Wildman–Crippen LogP) is 3.41. The standard InChI is InChI=1S/C13H12BrClFN5/c1-7(15)13-18-10-3-8(14)9(16)4-11(10)21(13)5-12-17-6-20(2)19-12/h3-4,6-7H,5H2,1-2H3. The average molecular weight is 373 g/mol. The maximum absolute atomic E-state index is 13.8. The van der Waals surface area contributed by atoms with Gasteiger partial charge >= 0.3 is 0 Å². The largest absolute Gasteiger partial charge is 0.319 e. The smallest absolute Gasteiger partial charge is 0.170 e. The molecule has 0 fully saturated rings. The second-order valence-corrected chi connectivity index (χ2v) is 6.27. The molecular formula is C13H12BrClFN5. The van der Waals surface area contributed by atoms with Crippen LogP contribution in [0.25, 0.3) is 11.0 Å². The highest BCUT2D eigenvalue weighted by Gasteiger charge is 2.18. The Kier molecular flexibility index (Phi) is 3.71. The molecule has 3 rings (SSSR count). The second-order valence-electron chi connectivity index (χ2n) is 4.76. The molecule has 5 nitrogen and oxygen atoms in total. The van der Waals surface area contributed by atoms with E-state index in [2.05, 4.69) is 31.0 Å². The van der Waals surface area contributed by atoms with Crippen LogP contribution in [0.1, 0.15) is 23.9 Å². The summed E-state index contributed by atoms with van der Waals surface area (Å²) in [5, 5.41) is 3.94. The van der Waals surface area contributed by atoms with E-state index < -0.39 is 0 Å². The molecule has 0 bridgehead atoms. The highest BCUT2D eigenvalue weighted by Crippen LogP contribution is 2.28. The number of aromatic nitrogens is 5. The van der Waals surface area contributed by atoms with Crippen molar-refractivity contribution in [3.8, 4) is 0 Å². The van der Waals surface area contributed by atoms with Crippen molar-refractivity contribution in [2.45, 2.75) is 18.8 Å². The molecule has 0 aliphatic rings. The Morgan fingerprint density at radius 2 is 2.19 bits per heavy atom. The van der Waals surface area contributed by atoms with E-state index in [1.807, 2.05) is 11.5 Å². The normalized spacial score (nSPS) is 13.0. The summed E-state index contributed by atoms with van der Waals surface area (Å²) in [7, 11) is 1.80. The summed E-state index contributed by atoms with van der Waals surface area (Å²) in [6.45, 7) is 2.22. The van der Waals surface area contributed by atoms with Crippen molar-refractivity contribution >= 4 is 38.6 Å². The van der Waals surface area contributed by atoms with Crippen LogP contribution in [0.3, 0.4) is 0 Å². The minimum absolute atomic E-state index is 0.303. The van der Waals surface area contributed by atoms with Crippen molar-refractivity contribution in [1.29, 1.82) is 0 Å². The van der Waals surface area contributed by atoms with E-state index in [1.54, 1.807) is 24.1 Å². The van der Waals surface area contributed by atoms with Crippen molar-refractivity contribution in [3.63, 3.8) is 0 Å². The SMILES string of the molecule is CC(Cl)c1nc2cc(Br)c(F)cc2n1Cc1ncn(C)n1. The zero-order valence-electron chi connectivity index (χ0n) is 11.4. The number of benzene rings is 1. The number of alkyl halides is 1. The van der Waals surface area contributed by atoms with Crippen LogP contribution in [0.5, 0.6) is 0 Å². The summed E-state index contributed by atoms with van der Waals surface area (Å²) in [5.74, 6) is 0.946. The molecule has 8 heteroatoms. The van der Waals surface area contributed by atoms with Gasteiger partial charge in [0.05, 0.1) is 27.4 Å². The number of rotatable bonds is 3. The maximum atomic E-state index is 13.8. The number of imidazole rings is 1. The fourth-order valence-electron chi connectivity index (χ4n) is 2.21. The topological polar surface area (TPSA) is 48.5 Å². The molecule has 21 heavy (non-hydrogen) atoms. The van der Waals surface area contributed by atoms with Crippen molar-refractivity contribution in [1.82, 2.24) is 24.3 Å². The van der Waals surface area contributed by atoms with Gasteiger partial charge in [0.2, 0.25) is 0 Å². The van der Waals surface area contributed by atoms with Gasteiger partial charge in [-0.05, 0) is 28.9 Å². The first-order valence-corrected chi connectivity index (χ1v) is 7.52. The molecule has 0 saturated carbocycles. The number of halogens is 3. The zero-order valence-corrected chi connectivity index (χ0v) is 13.7. The van der Waals surface area contributed by atoms with Gasteiger partial charge in [0, 0.05) is 13.1 Å². The first kappa shape index (κ1) is 14.5. The number of hydrogen-bond donors (Lipinski definition) is 0. The third kappa shape index (κ3) is 2.67. The summed E-state index contributed by atoms with van der Waals surface area (Å²) in [6.07, 6.45) is 1.62. The third-order valence-corrected chi connectivity index (χ3v) is 3.93. The maximum Gasteiger partial charge on any atom is 0.170 e. The lowest BCUT2D eigenvalue weighted by molar-refractivity contribution is 0.620. The number of fused-ring (bicyclic) bond motifs is 1. The summed E-state index contributed by atoms with van der Waals surface area (Å²) >= 11 is 9.37. The van der Waals surface area contributed by atoms with Crippen LogP contribution >= 0.6 is 27.5 Å². The summed E-state index contributed by atoms with van der Waals surface area (Å²) < 4.78 is 17.7. The average Bonchev–Trinajstić information content (AvgIpc) is 2.96. The first-order chi connectivity index (χ1) is 9.95. The second kappa shape index (κ2) is 5.38. The lowest BCUT2D eigenvalue weighted by Crippen LogP contribution is -2.07. The Hall–Kier alpha value is -1.47. The van der Waals surface area contributed by atoms with Gasteiger partial charge in [0.1, 0.15) is 18.0 Å². The summed E-state index contributed by atoms with van der Waals surface area (Å²) in [5.41, 5.74) is 1.35. The van der Waals surface area contributed by atoms with Crippen LogP contribution in [-0.4, -0.2) is 24.3 Å².